The minimum atomic E-state index is -0.0679. The molecule has 62 valence electrons. The number of hydrogen-bond acceptors (Lipinski definition) is 0. The SMILES string of the molecule is CC(C)C#C[I+]c1ccccc1. The molecule has 0 aliphatic carbocycles. The molecule has 12 heavy (non-hydrogen) atoms. The van der Waals surface area contributed by atoms with Crippen LogP contribution in [0, 0.1) is 19.3 Å². The van der Waals surface area contributed by atoms with E-state index >= 15 is 0 Å². The van der Waals surface area contributed by atoms with Crippen molar-refractivity contribution in [3.8, 4) is 9.85 Å². The summed E-state index contributed by atoms with van der Waals surface area (Å²) in [6.45, 7) is 4.25. The summed E-state index contributed by atoms with van der Waals surface area (Å²) in [6, 6.07) is 10.5. The van der Waals surface area contributed by atoms with Gasteiger partial charge in [0.25, 0.3) is 0 Å². The van der Waals surface area contributed by atoms with Gasteiger partial charge in [0.1, 0.15) is 0 Å². The molecule has 0 atom stereocenters. The monoisotopic (exact) mass is 271 g/mol. The van der Waals surface area contributed by atoms with Gasteiger partial charge in [-0.25, -0.2) is 0 Å². The second kappa shape index (κ2) is 5.21. The molecule has 0 amide bonds. The topological polar surface area (TPSA) is 0 Å². The third-order valence-corrected chi connectivity index (χ3v) is 3.16. The maximum absolute atomic E-state index is 3.26. The Balaban J connectivity index is 2.51. The smallest absolute Gasteiger partial charge is 0.0619 e. The molecule has 0 nitrogen and oxygen atoms in total. The maximum atomic E-state index is 3.26. The number of rotatable bonds is 1. The molecular formula is C11H12I+. The maximum Gasteiger partial charge on any atom is 0.419 e. The first-order valence-electron chi connectivity index (χ1n) is 3.98. The van der Waals surface area contributed by atoms with Gasteiger partial charge in [0.15, 0.2) is 3.93 Å². The van der Waals surface area contributed by atoms with Crippen molar-refractivity contribution in [3.63, 3.8) is 0 Å². The molecule has 0 aliphatic rings. The highest BCUT2D eigenvalue weighted by Crippen LogP contribution is 1.83. The normalized spacial score (nSPS) is 9.25. The van der Waals surface area contributed by atoms with E-state index in [2.05, 4.69) is 48.0 Å². The quantitative estimate of drug-likeness (QED) is 0.480. The van der Waals surface area contributed by atoms with Crippen LogP contribution >= 0.6 is 0 Å². The van der Waals surface area contributed by atoms with E-state index < -0.39 is 0 Å². The molecule has 1 heteroatoms. The highest BCUT2D eigenvalue weighted by atomic mass is 127. The molecule has 1 rings (SSSR count). The zero-order valence-electron chi connectivity index (χ0n) is 7.34. The van der Waals surface area contributed by atoms with Gasteiger partial charge in [-0.3, -0.25) is 0 Å². The van der Waals surface area contributed by atoms with E-state index in [0.717, 1.165) is 0 Å². The first kappa shape index (κ1) is 9.60. The van der Waals surface area contributed by atoms with Crippen molar-refractivity contribution in [2.24, 2.45) is 5.92 Å². The number of benzene rings is 1. The van der Waals surface area contributed by atoms with Gasteiger partial charge >= 0.3 is 21.2 Å². The predicted molar refractivity (Wildman–Crippen MR) is 47.8 cm³/mol. The summed E-state index contributed by atoms with van der Waals surface area (Å²) in [5.74, 6) is 3.70. The Hall–Kier alpha value is -0.490. The Morgan fingerprint density at radius 3 is 2.42 bits per heavy atom. The van der Waals surface area contributed by atoms with Gasteiger partial charge in [-0.2, -0.15) is 0 Å². The molecule has 0 saturated heterocycles. The fourth-order valence-electron chi connectivity index (χ4n) is 0.669. The molecule has 0 saturated carbocycles. The lowest BCUT2D eigenvalue weighted by Crippen LogP contribution is -3.59. The van der Waals surface area contributed by atoms with Crippen LogP contribution in [0.2, 0.25) is 0 Å². The average molecular weight is 271 g/mol. The van der Waals surface area contributed by atoms with Gasteiger partial charge in [0.2, 0.25) is 3.57 Å². The van der Waals surface area contributed by atoms with Crippen molar-refractivity contribution in [2.45, 2.75) is 13.8 Å². The van der Waals surface area contributed by atoms with Crippen LogP contribution < -0.4 is 21.2 Å². The summed E-state index contributed by atoms with van der Waals surface area (Å²) in [6.07, 6.45) is 0. The lowest BCUT2D eigenvalue weighted by Gasteiger charge is -1.81. The van der Waals surface area contributed by atoms with Crippen LogP contribution in [0.5, 0.6) is 0 Å². The summed E-state index contributed by atoms with van der Waals surface area (Å²) in [5, 5.41) is 0. The van der Waals surface area contributed by atoms with E-state index in [9.17, 15) is 0 Å². The predicted octanol–water partition coefficient (Wildman–Crippen LogP) is -0.438. The van der Waals surface area contributed by atoms with E-state index in [1.807, 2.05) is 6.07 Å². The Labute approximate surface area is 84.6 Å². The molecule has 0 bridgehead atoms. The van der Waals surface area contributed by atoms with Crippen LogP contribution in [0.3, 0.4) is 0 Å². The van der Waals surface area contributed by atoms with Crippen LogP contribution in [0.15, 0.2) is 30.3 Å². The van der Waals surface area contributed by atoms with Crippen LogP contribution in [0.25, 0.3) is 0 Å². The van der Waals surface area contributed by atoms with Crippen molar-refractivity contribution in [1.82, 2.24) is 0 Å². The van der Waals surface area contributed by atoms with E-state index in [1.54, 1.807) is 0 Å². The van der Waals surface area contributed by atoms with Crippen molar-refractivity contribution in [2.75, 3.05) is 0 Å². The Bertz CT molecular complexity index is 277. The van der Waals surface area contributed by atoms with E-state index in [-0.39, 0.29) is 21.2 Å². The fourth-order valence-corrected chi connectivity index (χ4v) is 2.53. The molecule has 0 fully saturated rings. The molecule has 1 aromatic carbocycles. The highest BCUT2D eigenvalue weighted by molar-refractivity contribution is 5.01. The van der Waals surface area contributed by atoms with E-state index in [0.29, 0.717) is 5.92 Å². The molecule has 0 radical (unpaired) electrons. The summed E-state index contributed by atoms with van der Waals surface area (Å²) >= 11 is -0.0679. The third-order valence-electron chi connectivity index (χ3n) is 1.23. The Morgan fingerprint density at radius 2 is 1.83 bits per heavy atom. The first-order valence-corrected chi connectivity index (χ1v) is 6.14. The molecule has 0 heterocycles. The molecule has 0 N–H and O–H groups in total. The lowest BCUT2D eigenvalue weighted by atomic mass is 10.2. The number of halogens is 1. The summed E-state index contributed by atoms with van der Waals surface area (Å²) in [5.41, 5.74) is 0. The second-order valence-electron chi connectivity index (χ2n) is 2.78. The molecule has 0 spiro atoms. The van der Waals surface area contributed by atoms with Gasteiger partial charge in [0, 0.05) is 5.92 Å². The molecule has 1 aromatic rings. The lowest BCUT2D eigenvalue weighted by molar-refractivity contribution is -0.535. The minimum Gasteiger partial charge on any atom is -0.0619 e. The average Bonchev–Trinajstić information content (AvgIpc) is 2.05. The van der Waals surface area contributed by atoms with E-state index in [4.69, 9.17) is 0 Å². The van der Waals surface area contributed by atoms with Crippen LogP contribution in [0.4, 0.5) is 0 Å². The highest BCUT2D eigenvalue weighted by Gasteiger charge is 2.05. The molecule has 0 aliphatic heterocycles. The first-order chi connectivity index (χ1) is 5.79. The van der Waals surface area contributed by atoms with Crippen molar-refractivity contribution < 1.29 is 21.2 Å². The second-order valence-corrected chi connectivity index (χ2v) is 5.11. The zero-order chi connectivity index (χ0) is 8.81. The Kier molecular flexibility index (Phi) is 4.16. The van der Waals surface area contributed by atoms with Crippen LogP contribution in [-0.2, 0) is 0 Å². The molecular weight excluding hydrogens is 259 g/mol. The summed E-state index contributed by atoms with van der Waals surface area (Å²) < 4.78 is 4.67. The van der Waals surface area contributed by atoms with E-state index in [1.165, 1.54) is 3.57 Å². The van der Waals surface area contributed by atoms with Crippen molar-refractivity contribution in [1.29, 1.82) is 0 Å². The zero-order valence-corrected chi connectivity index (χ0v) is 9.50. The third kappa shape index (κ3) is 3.77. The fraction of sp³-hybridized carbons (Fsp3) is 0.273. The van der Waals surface area contributed by atoms with Gasteiger partial charge in [0.05, 0.1) is 0 Å². The van der Waals surface area contributed by atoms with Crippen molar-refractivity contribution in [3.05, 3.63) is 33.9 Å². The van der Waals surface area contributed by atoms with Crippen LogP contribution in [0.1, 0.15) is 13.8 Å². The Morgan fingerprint density at radius 1 is 1.17 bits per heavy atom. The van der Waals surface area contributed by atoms with Gasteiger partial charge in [-0.1, -0.05) is 32.0 Å². The van der Waals surface area contributed by atoms with Gasteiger partial charge < -0.3 is 0 Å². The molecule has 0 unspecified atom stereocenters. The summed E-state index contributed by atoms with van der Waals surface area (Å²) in [7, 11) is 0. The van der Waals surface area contributed by atoms with Gasteiger partial charge in [-0.05, 0) is 18.1 Å². The van der Waals surface area contributed by atoms with Crippen molar-refractivity contribution >= 4 is 0 Å². The largest absolute Gasteiger partial charge is 0.419 e. The number of hydrogen-bond donors (Lipinski definition) is 0. The standard InChI is InChI=1S/C11H12I/c1-10(2)8-9-12-11-6-4-3-5-7-11/h3-7,10H,1-2H3/q+1. The van der Waals surface area contributed by atoms with Crippen LogP contribution in [-0.4, -0.2) is 0 Å². The van der Waals surface area contributed by atoms with Gasteiger partial charge in [-0.15, -0.1) is 0 Å². The summed E-state index contributed by atoms with van der Waals surface area (Å²) in [4.78, 5) is 0. The minimum absolute atomic E-state index is 0.0679. The molecule has 0 aromatic heterocycles.